The Kier molecular flexibility index (Phi) is 21.9. The van der Waals surface area contributed by atoms with Crippen LogP contribution < -0.4 is 47.4 Å². The normalized spacial score (nSPS) is 10.8. The second-order valence-corrected chi connectivity index (χ2v) is 23.8. The van der Waals surface area contributed by atoms with Gasteiger partial charge in [-0.1, -0.05) is 12.1 Å². The molecule has 0 heterocycles. The van der Waals surface area contributed by atoms with E-state index < -0.39 is 299 Å². The summed E-state index contributed by atoms with van der Waals surface area (Å²) in [4.78, 5) is 134. The first-order valence-corrected chi connectivity index (χ1v) is 31.9. The third-order valence-corrected chi connectivity index (χ3v) is 15.8. The highest BCUT2D eigenvalue weighted by molar-refractivity contribution is 6.02. The van der Waals surface area contributed by atoms with E-state index in [1.54, 1.807) is 0 Å². The largest absolute Gasteiger partial charge is 0.504 e. The maximum atomic E-state index is 13.7. The highest BCUT2D eigenvalue weighted by atomic mass is 16.6. The van der Waals surface area contributed by atoms with Crippen LogP contribution in [0.3, 0.4) is 0 Å². The summed E-state index contributed by atoms with van der Waals surface area (Å²) < 4.78 is 51.5. The summed E-state index contributed by atoms with van der Waals surface area (Å²) in [6.07, 6.45) is 0. The van der Waals surface area contributed by atoms with Crippen molar-refractivity contribution in [2.45, 2.75) is 0 Å². The van der Waals surface area contributed by atoms with Gasteiger partial charge in [0, 0.05) is 0 Å². The molecule has 0 aliphatic heterocycles. The summed E-state index contributed by atoms with van der Waals surface area (Å²) in [6.45, 7) is 0. The number of ether oxygens (including phenoxy) is 10. The molecule has 42 nitrogen and oxygen atoms in total. The van der Waals surface area contributed by atoms with Crippen molar-refractivity contribution in [3.63, 3.8) is 0 Å². The second kappa shape index (κ2) is 32.0. The zero-order valence-corrected chi connectivity index (χ0v) is 57.9. The maximum absolute atomic E-state index is 13.7. The van der Waals surface area contributed by atoms with E-state index >= 15 is 0 Å². The van der Waals surface area contributed by atoms with Crippen LogP contribution in [-0.2, 0) is 0 Å². The Morgan fingerprint density at radius 3 is 0.373 bits per heavy atom. The Morgan fingerprint density at radius 1 is 0.144 bits per heavy atom. The summed E-state index contributed by atoms with van der Waals surface area (Å²) in [7, 11) is 0. The molecule has 118 heavy (non-hydrogen) atoms. The average molecular weight is 1630 g/mol. The van der Waals surface area contributed by atoms with Crippen molar-refractivity contribution < 1.29 is 208 Å². The molecule has 0 aliphatic rings. The van der Waals surface area contributed by atoms with Gasteiger partial charge in [-0.2, -0.15) is 0 Å². The standard InChI is InChI=1S/C76H46O42/c77-35-5-25(6-36(78)57(35)89)67(99)111-49-19-29(11-41(83)59(49)91)71(103)115-53-23-33(15-45(87)63(53)95)75(107)117-55-21-31(13-43(85)65(55)97)73(105)113-51-17-27(9-39(81)61(51)93)69(101)109-47-3-1-2-4-48(47)110-70(102)28-10-40(82)62(94)52(18-28)114-74(106)32-14-44(86)66(98)56(22-32)118-76(108)34-16-46(88)64(96)54(24-34)116-72(104)30-12-42(84)60(92)50(20-30)112-68(100)26-7-37(79)58(90)38(80)8-26/h1-24,77-98H. The summed E-state index contributed by atoms with van der Waals surface area (Å²) in [5, 5.41) is 228. The number of esters is 10. The average Bonchev–Trinajstić information content (AvgIpc) is 0.798. The molecule has 11 aromatic rings. The van der Waals surface area contributed by atoms with Crippen molar-refractivity contribution in [1.29, 1.82) is 0 Å². The SMILES string of the molecule is O=C(Oc1ccccc1OC(=O)c1cc(O)c(O)c(OC(=O)c2cc(O)c(O)c(OC(=O)c3cc(O)c(O)c(OC(=O)c4cc(O)c(O)c(OC(=O)c5cc(O)c(O)c(O)c5)c4)c3)c2)c1)c1cc(O)c(O)c(OC(=O)c2cc(O)c(O)c(OC(=O)c3cc(O)c(O)c(OC(=O)c4cc(O)c(O)c(OC(=O)c5cc(O)c(O)c(O)c5)c4)c3)c2)c1. The molecule has 0 radical (unpaired) electrons. The minimum atomic E-state index is -1.62. The van der Waals surface area contributed by atoms with Crippen LogP contribution in [0.2, 0.25) is 0 Å². The minimum absolute atomic E-state index is 0.524. The summed E-state index contributed by atoms with van der Waals surface area (Å²) in [5.41, 5.74) is -7.58. The lowest BCUT2D eigenvalue weighted by Crippen LogP contribution is -2.14. The number of hydrogen-bond donors (Lipinski definition) is 22. The molecule has 0 aliphatic carbocycles. The van der Waals surface area contributed by atoms with Gasteiger partial charge in [0.05, 0.1) is 55.6 Å². The lowest BCUT2D eigenvalue weighted by atomic mass is 10.1. The highest BCUT2D eigenvalue weighted by Gasteiger charge is 2.32. The van der Waals surface area contributed by atoms with Gasteiger partial charge in [0.1, 0.15) is 0 Å². The zero-order valence-electron chi connectivity index (χ0n) is 57.9. The molecule has 11 aromatic carbocycles. The second-order valence-electron chi connectivity index (χ2n) is 23.8. The summed E-state index contributed by atoms with van der Waals surface area (Å²) in [5.74, 6) is -49.9. The minimum Gasteiger partial charge on any atom is -0.504 e. The van der Waals surface area contributed by atoms with Gasteiger partial charge in [-0.3, -0.25) is 0 Å². The van der Waals surface area contributed by atoms with Crippen LogP contribution in [0, 0.1) is 0 Å². The fourth-order valence-corrected chi connectivity index (χ4v) is 9.96. The number of rotatable bonds is 20. The van der Waals surface area contributed by atoms with Gasteiger partial charge in [-0.25, -0.2) is 47.9 Å². The van der Waals surface area contributed by atoms with Crippen LogP contribution in [0.15, 0.2) is 146 Å². The number of aromatic hydroxyl groups is 22. The number of phenols is 22. The molecule has 0 aromatic heterocycles. The summed E-state index contributed by atoms with van der Waals surface area (Å²) >= 11 is 0. The molecule has 0 unspecified atom stereocenters. The molecular weight excluding hydrogens is 1580 g/mol. The molecule has 0 atom stereocenters. The molecule has 22 N–H and O–H groups in total. The third kappa shape index (κ3) is 16.9. The third-order valence-electron chi connectivity index (χ3n) is 15.8. The van der Waals surface area contributed by atoms with E-state index in [9.17, 15) is 160 Å². The van der Waals surface area contributed by atoms with Crippen molar-refractivity contribution in [2.75, 3.05) is 0 Å². The molecule has 602 valence electrons. The summed E-state index contributed by atoms with van der Waals surface area (Å²) in [6, 6.07) is 16.1. The van der Waals surface area contributed by atoms with E-state index in [1.807, 2.05) is 0 Å². The Morgan fingerprint density at radius 2 is 0.246 bits per heavy atom. The van der Waals surface area contributed by atoms with Gasteiger partial charge in [0.25, 0.3) is 0 Å². The first-order chi connectivity index (χ1) is 55.6. The predicted octanol–water partition coefficient (Wildman–Crippen LogP) is 7.40. The lowest BCUT2D eigenvalue weighted by Gasteiger charge is -2.14. The van der Waals surface area contributed by atoms with Crippen LogP contribution in [0.5, 0.6) is 184 Å². The number of carbonyl (C=O) groups is 10. The number of benzene rings is 11. The van der Waals surface area contributed by atoms with Crippen molar-refractivity contribution in [3.05, 3.63) is 201 Å². The van der Waals surface area contributed by atoms with E-state index in [-0.39, 0.29) is 0 Å². The van der Waals surface area contributed by atoms with Crippen molar-refractivity contribution in [3.8, 4) is 184 Å². The molecule has 0 fully saturated rings. The maximum Gasteiger partial charge on any atom is 0.343 e. The molecule has 0 bridgehead atoms. The van der Waals surface area contributed by atoms with Gasteiger partial charge in [-0.15, -0.1) is 0 Å². The monoisotopic (exact) mass is 1630 g/mol. The van der Waals surface area contributed by atoms with Gasteiger partial charge < -0.3 is 160 Å². The molecular formula is C76H46O42. The van der Waals surface area contributed by atoms with Gasteiger partial charge in [-0.05, 0) is 133 Å². The molecule has 11 rings (SSSR count). The fraction of sp³-hybridized carbons (Fsp3) is 0. The van der Waals surface area contributed by atoms with Crippen molar-refractivity contribution in [2.24, 2.45) is 0 Å². The molecule has 0 saturated heterocycles. The van der Waals surface area contributed by atoms with Gasteiger partial charge in [0.15, 0.2) is 138 Å². The number of carbonyl (C=O) groups excluding carboxylic acids is 10. The van der Waals surface area contributed by atoms with Crippen LogP contribution in [0.4, 0.5) is 0 Å². The Labute approximate surface area is 650 Å². The van der Waals surface area contributed by atoms with Crippen LogP contribution in [-0.4, -0.2) is 172 Å². The lowest BCUT2D eigenvalue weighted by molar-refractivity contribution is 0.0678. The Balaban J connectivity index is 0.732. The Bertz CT molecular complexity index is 5740. The first kappa shape index (κ1) is 80.7. The molecule has 0 spiro atoms. The predicted molar refractivity (Wildman–Crippen MR) is 377 cm³/mol. The molecule has 0 amide bonds. The van der Waals surface area contributed by atoms with E-state index in [0.29, 0.717) is 121 Å². The van der Waals surface area contributed by atoms with Crippen LogP contribution >= 0.6 is 0 Å². The van der Waals surface area contributed by atoms with Gasteiger partial charge in [0.2, 0.25) is 46.0 Å². The molecule has 42 heteroatoms. The number of phenolic OH excluding ortho intramolecular Hbond substituents is 22. The Hall–Kier alpha value is -18.3. The molecule has 0 saturated carbocycles. The number of hydrogen-bond acceptors (Lipinski definition) is 42. The van der Waals surface area contributed by atoms with E-state index in [1.165, 1.54) is 12.1 Å². The zero-order chi connectivity index (χ0) is 86.1. The van der Waals surface area contributed by atoms with E-state index in [4.69, 9.17) is 47.4 Å². The fourth-order valence-electron chi connectivity index (χ4n) is 9.96. The van der Waals surface area contributed by atoms with Gasteiger partial charge >= 0.3 is 59.7 Å². The number of para-hydroxylation sites is 2. The van der Waals surface area contributed by atoms with Crippen molar-refractivity contribution in [1.82, 2.24) is 0 Å². The topological polar surface area (TPSA) is 708 Å². The van der Waals surface area contributed by atoms with E-state index in [2.05, 4.69) is 0 Å². The van der Waals surface area contributed by atoms with E-state index in [0.717, 1.165) is 12.1 Å². The van der Waals surface area contributed by atoms with Crippen molar-refractivity contribution >= 4 is 59.7 Å². The van der Waals surface area contributed by atoms with Crippen LogP contribution in [0.1, 0.15) is 104 Å². The highest BCUT2D eigenvalue weighted by Crippen LogP contribution is 2.48. The van der Waals surface area contributed by atoms with Crippen LogP contribution in [0.25, 0.3) is 0 Å². The smallest absolute Gasteiger partial charge is 0.343 e. The first-order valence-electron chi connectivity index (χ1n) is 31.9. The quantitative estimate of drug-likeness (QED) is 0.0201.